The van der Waals surface area contributed by atoms with Crippen LogP contribution in [0.2, 0.25) is 0 Å². The van der Waals surface area contributed by atoms with Crippen LogP contribution in [0, 0.1) is 5.92 Å². The molecule has 2 aromatic heterocycles. The van der Waals surface area contributed by atoms with Gasteiger partial charge in [0.1, 0.15) is 11.7 Å². The Labute approximate surface area is 202 Å². The lowest BCUT2D eigenvalue weighted by Crippen LogP contribution is -2.49. The van der Waals surface area contributed by atoms with Crippen molar-refractivity contribution in [2.45, 2.75) is 58.2 Å². The highest BCUT2D eigenvalue weighted by Crippen LogP contribution is 2.32. The molecule has 1 N–H and O–H groups in total. The highest BCUT2D eigenvalue weighted by atomic mass is 16.5. The molecule has 0 fully saturated rings. The molecular formula is C27H36N4O3. The smallest absolute Gasteiger partial charge is 0.259 e. The Morgan fingerprint density at radius 3 is 2.85 bits per heavy atom. The Morgan fingerprint density at radius 1 is 1.29 bits per heavy atom. The number of allylic oxidation sites excluding steroid dienone is 2. The fourth-order valence-corrected chi connectivity index (χ4v) is 4.74. The molecular weight excluding hydrogens is 428 g/mol. The molecule has 0 aromatic carbocycles. The lowest BCUT2D eigenvalue weighted by atomic mass is 9.93. The van der Waals surface area contributed by atoms with Gasteiger partial charge in [0.05, 0.1) is 18.3 Å². The number of rotatable bonds is 7. The number of ether oxygens (including phenoxy) is 1. The van der Waals surface area contributed by atoms with Gasteiger partial charge >= 0.3 is 0 Å². The van der Waals surface area contributed by atoms with Gasteiger partial charge in [-0.2, -0.15) is 0 Å². The van der Waals surface area contributed by atoms with Crippen molar-refractivity contribution >= 4 is 11.5 Å². The highest BCUT2D eigenvalue weighted by Gasteiger charge is 2.34. The summed E-state index contributed by atoms with van der Waals surface area (Å²) >= 11 is 0. The van der Waals surface area contributed by atoms with E-state index >= 15 is 0 Å². The van der Waals surface area contributed by atoms with Crippen LogP contribution in [0.3, 0.4) is 0 Å². The monoisotopic (exact) mass is 464 g/mol. The summed E-state index contributed by atoms with van der Waals surface area (Å²) in [6, 6.07) is 7.57. The zero-order valence-corrected chi connectivity index (χ0v) is 20.5. The lowest BCUT2D eigenvalue weighted by Gasteiger charge is -2.37. The van der Waals surface area contributed by atoms with Crippen molar-refractivity contribution in [3.8, 4) is 5.88 Å². The van der Waals surface area contributed by atoms with E-state index in [2.05, 4.69) is 34.9 Å². The zero-order valence-electron chi connectivity index (χ0n) is 20.5. The first-order valence-electron chi connectivity index (χ1n) is 12.3. The van der Waals surface area contributed by atoms with Crippen LogP contribution in [0.15, 0.2) is 42.7 Å². The molecule has 182 valence electrons. The molecule has 1 aliphatic heterocycles. The molecule has 7 heteroatoms. The molecule has 1 amide bonds. The molecule has 2 aromatic rings. The van der Waals surface area contributed by atoms with Gasteiger partial charge in [0.25, 0.3) is 5.91 Å². The molecule has 4 rings (SSSR count). The third-order valence-corrected chi connectivity index (χ3v) is 6.83. The van der Waals surface area contributed by atoms with Crippen LogP contribution in [0.25, 0.3) is 5.57 Å². The summed E-state index contributed by atoms with van der Waals surface area (Å²) in [7, 11) is 2.05. The third-order valence-electron chi connectivity index (χ3n) is 6.83. The van der Waals surface area contributed by atoms with E-state index in [0.29, 0.717) is 31.1 Å². The highest BCUT2D eigenvalue weighted by molar-refractivity contribution is 5.97. The molecule has 34 heavy (non-hydrogen) atoms. The van der Waals surface area contributed by atoms with Crippen molar-refractivity contribution in [1.29, 1.82) is 0 Å². The standard InChI is InChI=1S/C27H36N4O3/c1-19-15-31(20(2)18-32)27(33)24-13-22(21-9-5-4-6-10-21)14-29-26(24)34-25(19)17-30(3)16-23-11-7-8-12-28-23/h7-9,11-14,19-20,25,32H,4-6,10,15-18H2,1-3H3/t19-,20-,25-/m0/s1. The van der Waals surface area contributed by atoms with Gasteiger partial charge in [-0.25, -0.2) is 4.98 Å². The van der Waals surface area contributed by atoms with Crippen molar-refractivity contribution in [2.75, 3.05) is 26.7 Å². The van der Waals surface area contributed by atoms with Gasteiger partial charge in [0.15, 0.2) is 0 Å². The van der Waals surface area contributed by atoms with Gasteiger partial charge in [-0.05, 0) is 69.0 Å². The van der Waals surface area contributed by atoms with Gasteiger partial charge in [-0.3, -0.25) is 14.7 Å². The Morgan fingerprint density at radius 2 is 2.15 bits per heavy atom. The molecule has 0 spiro atoms. The average Bonchev–Trinajstić information content (AvgIpc) is 2.86. The van der Waals surface area contributed by atoms with Crippen LogP contribution in [-0.4, -0.2) is 69.7 Å². The number of hydrogen-bond donors (Lipinski definition) is 1. The van der Waals surface area contributed by atoms with Crippen LogP contribution in [0.4, 0.5) is 0 Å². The molecule has 3 heterocycles. The van der Waals surface area contributed by atoms with Crippen LogP contribution in [0.5, 0.6) is 5.88 Å². The number of fused-ring (bicyclic) bond motifs is 1. The van der Waals surface area contributed by atoms with Crippen LogP contribution < -0.4 is 4.74 Å². The number of aromatic nitrogens is 2. The molecule has 3 atom stereocenters. The molecule has 0 bridgehead atoms. The summed E-state index contributed by atoms with van der Waals surface area (Å²) in [6.07, 6.45) is 10.2. The minimum atomic E-state index is -0.287. The quantitative estimate of drug-likeness (QED) is 0.672. The molecule has 2 aliphatic rings. The molecule has 0 saturated heterocycles. The lowest BCUT2D eigenvalue weighted by molar-refractivity contribution is 0.0324. The Kier molecular flexibility index (Phi) is 7.95. The second-order valence-corrected chi connectivity index (χ2v) is 9.69. The minimum Gasteiger partial charge on any atom is -0.472 e. The minimum absolute atomic E-state index is 0.0554. The predicted octanol–water partition coefficient (Wildman–Crippen LogP) is 3.79. The van der Waals surface area contributed by atoms with E-state index in [1.54, 1.807) is 11.1 Å². The van der Waals surface area contributed by atoms with Gasteiger partial charge in [0.2, 0.25) is 5.88 Å². The van der Waals surface area contributed by atoms with Crippen molar-refractivity contribution < 1.29 is 14.6 Å². The van der Waals surface area contributed by atoms with Gasteiger partial charge in [0, 0.05) is 37.9 Å². The zero-order chi connectivity index (χ0) is 24.1. The SMILES string of the molecule is C[C@H]1CN([C@@H](C)CO)C(=O)c2cc(C3=CCCCC3)cnc2O[C@H]1CN(C)Cc1ccccn1. The van der Waals surface area contributed by atoms with E-state index < -0.39 is 0 Å². The molecule has 0 saturated carbocycles. The number of carbonyl (C=O) groups excluding carboxylic acids is 1. The molecule has 7 nitrogen and oxygen atoms in total. The van der Waals surface area contributed by atoms with E-state index in [4.69, 9.17) is 4.74 Å². The molecule has 0 radical (unpaired) electrons. The topological polar surface area (TPSA) is 78.8 Å². The molecule has 1 aliphatic carbocycles. The number of pyridine rings is 2. The first kappa shape index (κ1) is 24.4. The second kappa shape index (κ2) is 11.1. The van der Waals surface area contributed by atoms with Crippen molar-refractivity contribution in [2.24, 2.45) is 5.92 Å². The first-order chi connectivity index (χ1) is 16.5. The van der Waals surface area contributed by atoms with Crippen molar-refractivity contribution in [3.05, 3.63) is 59.6 Å². The van der Waals surface area contributed by atoms with Gasteiger partial charge in [-0.1, -0.05) is 19.1 Å². The second-order valence-electron chi connectivity index (χ2n) is 9.69. The normalized spacial score (nSPS) is 21.9. The van der Waals surface area contributed by atoms with Gasteiger partial charge < -0.3 is 14.7 Å². The summed E-state index contributed by atoms with van der Waals surface area (Å²) in [5, 5.41) is 9.87. The summed E-state index contributed by atoms with van der Waals surface area (Å²) in [4.78, 5) is 26.6. The van der Waals surface area contributed by atoms with Crippen LogP contribution >= 0.6 is 0 Å². The third kappa shape index (κ3) is 5.65. The van der Waals surface area contributed by atoms with E-state index in [9.17, 15) is 9.90 Å². The Balaban J connectivity index is 1.63. The number of likely N-dealkylation sites (N-methyl/N-ethyl adjacent to an activating group) is 1. The van der Waals surface area contributed by atoms with E-state index in [-0.39, 0.29) is 30.6 Å². The maximum Gasteiger partial charge on any atom is 0.259 e. The summed E-state index contributed by atoms with van der Waals surface area (Å²) < 4.78 is 6.43. The largest absolute Gasteiger partial charge is 0.472 e. The van der Waals surface area contributed by atoms with E-state index in [0.717, 1.165) is 30.5 Å². The molecule has 0 unspecified atom stereocenters. The number of carbonyl (C=O) groups is 1. The number of aliphatic hydroxyl groups is 1. The van der Waals surface area contributed by atoms with Crippen molar-refractivity contribution in [3.63, 3.8) is 0 Å². The predicted molar refractivity (Wildman–Crippen MR) is 132 cm³/mol. The summed E-state index contributed by atoms with van der Waals surface area (Å²) in [5.41, 5.74) is 3.72. The first-order valence-corrected chi connectivity index (χ1v) is 12.3. The van der Waals surface area contributed by atoms with E-state index in [1.165, 1.54) is 12.0 Å². The number of aliphatic hydroxyl groups excluding tert-OH is 1. The number of amides is 1. The number of hydrogen-bond acceptors (Lipinski definition) is 6. The summed E-state index contributed by atoms with van der Waals surface area (Å²) in [5.74, 6) is 0.303. The Hall–Kier alpha value is -2.77. The summed E-state index contributed by atoms with van der Waals surface area (Å²) in [6.45, 7) is 5.77. The number of nitrogens with zero attached hydrogens (tertiary/aromatic N) is 4. The van der Waals surface area contributed by atoms with Crippen LogP contribution in [-0.2, 0) is 6.54 Å². The Bertz CT molecular complexity index is 1010. The fourth-order valence-electron chi connectivity index (χ4n) is 4.74. The maximum absolute atomic E-state index is 13.6. The van der Waals surface area contributed by atoms with Crippen molar-refractivity contribution in [1.82, 2.24) is 19.8 Å². The van der Waals surface area contributed by atoms with Crippen LogP contribution in [0.1, 0.15) is 61.1 Å². The van der Waals surface area contributed by atoms with Gasteiger partial charge in [-0.15, -0.1) is 0 Å². The van der Waals surface area contributed by atoms with E-state index in [1.807, 2.05) is 37.4 Å². The maximum atomic E-state index is 13.6. The average molecular weight is 465 g/mol. The fraction of sp³-hybridized carbons (Fsp3) is 0.519.